The third-order valence-electron chi connectivity index (χ3n) is 8.05. The molecule has 224 valence electrons. The predicted molar refractivity (Wildman–Crippen MR) is 147 cm³/mol. The molecule has 1 saturated carbocycles. The molecule has 41 heavy (non-hydrogen) atoms. The number of thiazole rings is 1. The van der Waals surface area contributed by atoms with Crippen LogP contribution in [0.25, 0.3) is 10.4 Å². The number of sulfone groups is 1. The summed E-state index contributed by atoms with van der Waals surface area (Å²) in [5.41, 5.74) is 0.513. The molecule has 2 aromatic rings. The number of aryl methyl sites for hydroxylation is 1. The van der Waals surface area contributed by atoms with Crippen LogP contribution in [0, 0.1) is 18.8 Å². The maximum absolute atomic E-state index is 13.7. The molecule has 0 radical (unpaired) electrons. The lowest BCUT2D eigenvalue weighted by atomic mass is 9.76. The second kappa shape index (κ2) is 11.0. The molecule has 1 aliphatic carbocycles. The van der Waals surface area contributed by atoms with Gasteiger partial charge >= 0.3 is 12.1 Å². The minimum absolute atomic E-state index is 0.00383. The van der Waals surface area contributed by atoms with Gasteiger partial charge in [0.15, 0.2) is 14.9 Å². The molecule has 2 aliphatic heterocycles. The minimum atomic E-state index is -3.63. The summed E-state index contributed by atoms with van der Waals surface area (Å²) in [7, 11) is -3.63. The average molecular weight is 610 g/mol. The lowest BCUT2D eigenvalue weighted by Gasteiger charge is -2.47. The first-order valence-electron chi connectivity index (χ1n) is 13.9. The second-order valence-electron chi connectivity index (χ2n) is 11.0. The van der Waals surface area contributed by atoms with E-state index in [4.69, 9.17) is 14.2 Å². The van der Waals surface area contributed by atoms with Gasteiger partial charge in [-0.3, -0.25) is 9.20 Å². The fourth-order valence-electron chi connectivity index (χ4n) is 6.21. The molecule has 0 spiro atoms. The Morgan fingerprint density at radius 2 is 1.88 bits per heavy atom. The van der Waals surface area contributed by atoms with Gasteiger partial charge < -0.3 is 24.2 Å². The van der Waals surface area contributed by atoms with E-state index in [0.29, 0.717) is 27.5 Å². The number of nitrogens with zero attached hydrogens (tertiary/aromatic N) is 3. The Bertz CT molecular complexity index is 1520. The quantitative estimate of drug-likeness (QED) is 0.267. The largest absolute Gasteiger partial charge is 0.511 e. The summed E-state index contributed by atoms with van der Waals surface area (Å²) in [6.45, 7) is 6.53. The first kappa shape index (κ1) is 29.5. The summed E-state index contributed by atoms with van der Waals surface area (Å²) in [4.78, 5) is 45.7. The Kier molecular flexibility index (Phi) is 7.94. The van der Waals surface area contributed by atoms with Crippen molar-refractivity contribution in [3.63, 3.8) is 0 Å². The number of carbonyl (C=O) groups is 3. The van der Waals surface area contributed by atoms with Crippen LogP contribution in [0.3, 0.4) is 0 Å². The first-order valence-corrected chi connectivity index (χ1v) is 16.6. The van der Waals surface area contributed by atoms with E-state index < -0.39 is 52.2 Å². The molecule has 12 nitrogen and oxygen atoms in total. The number of aliphatic hydroxyl groups is 1. The second-order valence-corrected chi connectivity index (χ2v) is 13.9. The number of β-lactam (4-membered cyclic amide) rings is 1. The molecule has 4 heterocycles. The van der Waals surface area contributed by atoms with Crippen LogP contribution in [0.2, 0.25) is 0 Å². The fraction of sp³-hybridized carbons (Fsp3) is 0.630. The minimum Gasteiger partial charge on any atom is -0.431 e. The molecule has 2 aromatic heterocycles. The van der Waals surface area contributed by atoms with E-state index in [-0.39, 0.29) is 22.7 Å². The number of hydrogen-bond acceptors (Lipinski definition) is 11. The number of aliphatic hydroxyl groups excluding tert-OH is 1. The Hall–Kier alpha value is -2.97. The van der Waals surface area contributed by atoms with Crippen LogP contribution in [0.4, 0.5) is 4.79 Å². The number of hydrogen-bond donors (Lipinski definition) is 1. The van der Waals surface area contributed by atoms with Crippen molar-refractivity contribution in [1.82, 2.24) is 14.3 Å². The Labute approximate surface area is 242 Å². The Morgan fingerprint density at radius 1 is 1.20 bits per heavy atom. The third kappa shape index (κ3) is 5.25. The van der Waals surface area contributed by atoms with Crippen molar-refractivity contribution in [2.75, 3.05) is 6.26 Å². The van der Waals surface area contributed by atoms with Gasteiger partial charge in [-0.15, -0.1) is 11.3 Å². The van der Waals surface area contributed by atoms with Crippen molar-refractivity contribution in [3.8, 4) is 0 Å². The van der Waals surface area contributed by atoms with Crippen molar-refractivity contribution in [1.29, 1.82) is 0 Å². The summed E-state index contributed by atoms with van der Waals surface area (Å²) < 4.78 is 42.5. The van der Waals surface area contributed by atoms with Crippen molar-refractivity contribution < 1.29 is 42.1 Å². The van der Waals surface area contributed by atoms with E-state index in [0.717, 1.165) is 49.7 Å². The van der Waals surface area contributed by atoms with Crippen LogP contribution in [0.15, 0.2) is 16.9 Å². The van der Waals surface area contributed by atoms with Gasteiger partial charge in [0.25, 0.3) is 0 Å². The Balaban J connectivity index is 1.48. The zero-order valence-electron chi connectivity index (χ0n) is 23.7. The zero-order valence-corrected chi connectivity index (χ0v) is 25.3. The molecule has 14 heteroatoms. The number of fused-ring (bicyclic) bond motifs is 2. The van der Waals surface area contributed by atoms with Gasteiger partial charge in [-0.2, -0.15) is 0 Å². The average Bonchev–Trinajstić information content (AvgIpc) is 3.53. The molecule has 1 amide bonds. The molecule has 5 atom stereocenters. The zero-order chi connectivity index (χ0) is 29.8. The summed E-state index contributed by atoms with van der Waals surface area (Å²) in [5.74, 6) is -1.86. The van der Waals surface area contributed by atoms with Crippen LogP contribution in [-0.4, -0.2) is 76.6 Å². The van der Waals surface area contributed by atoms with E-state index >= 15 is 0 Å². The lowest BCUT2D eigenvalue weighted by molar-refractivity contribution is -0.174. The van der Waals surface area contributed by atoms with Crippen LogP contribution in [-0.2, 0) is 33.6 Å². The summed E-state index contributed by atoms with van der Waals surface area (Å²) in [5, 5.41) is 10.3. The van der Waals surface area contributed by atoms with Crippen LogP contribution in [0.5, 0.6) is 0 Å². The molecule has 5 rings (SSSR count). The summed E-state index contributed by atoms with van der Waals surface area (Å²) in [6, 6.07) is -0.479. The van der Waals surface area contributed by atoms with Crippen LogP contribution < -0.4 is 0 Å². The standard InChI is InChI=1S/C27H35N3O9S2/c1-6-17-20(18-12-29-14(3)28-23(25(29)40-18)41(5,35)36)22(30-21(17)19(13(2)31)24(30)32)26(33)37-15(4)38-27(34)39-16-10-8-7-9-11-16/h12-13,15-17,19,21,31H,6-11H2,1-5H3/t13-,15?,17+,19-,21-/m1/s1. The number of rotatable bonds is 8. The van der Waals surface area contributed by atoms with Gasteiger partial charge in [-0.1, -0.05) is 13.3 Å². The van der Waals surface area contributed by atoms with Gasteiger partial charge in [0.2, 0.25) is 12.2 Å². The van der Waals surface area contributed by atoms with Crippen molar-refractivity contribution in [3.05, 3.63) is 22.6 Å². The van der Waals surface area contributed by atoms with Gasteiger partial charge in [0, 0.05) is 30.9 Å². The van der Waals surface area contributed by atoms with E-state index in [9.17, 15) is 27.9 Å². The first-order chi connectivity index (χ1) is 19.3. The number of imidazole rings is 1. The lowest BCUT2D eigenvalue weighted by Crippen LogP contribution is -2.64. The molecule has 0 aromatic carbocycles. The number of esters is 1. The van der Waals surface area contributed by atoms with E-state index in [1.165, 1.54) is 11.8 Å². The predicted octanol–water partition coefficient (Wildman–Crippen LogP) is 3.44. The molecule has 1 unspecified atom stereocenters. The molecule has 1 saturated heterocycles. The molecular weight excluding hydrogens is 574 g/mol. The van der Waals surface area contributed by atoms with Gasteiger partial charge in [0.1, 0.15) is 22.5 Å². The molecule has 0 bridgehead atoms. The third-order valence-corrected chi connectivity index (χ3v) is 10.3. The molecular formula is C27H35N3O9S2. The number of amides is 1. The number of ether oxygens (including phenoxy) is 3. The summed E-state index contributed by atoms with van der Waals surface area (Å²) in [6.07, 6.45) is 4.47. The maximum atomic E-state index is 13.7. The maximum Gasteiger partial charge on any atom is 0.511 e. The highest BCUT2D eigenvalue weighted by molar-refractivity contribution is 7.91. The topological polar surface area (TPSA) is 154 Å². The monoisotopic (exact) mass is 609 g/mol. The van der Waals surface area contributed by atoms with Crippen LogP contribution in [0.1, 0.15) is 70.0 Å². The molecule has 3 aliphatic rings. The fourth-order valence-corrected chi connectivity index (χ4v) is 8.65. The van der Waals surface area contributed by atoms with Crippen molar-refractivity contribution >= 4 is 49.6 Å². The van der Waals surface area contributed by atoms with Gasteiger partial charge in [-0.05, 0) is 46.0 Å². The highest BCUT2D eigenvalue weighted by Crippen LogP contribution is 2.53. The smallest absolute Gasteiger partial charge is 0.431 e. The van der Waals surface area contributed by atoms with E-state index in [2.05, 4.69) is 4.98 Å². The molecule has 1 N–H and O–H groups in total. The van der Waals surface area contributed by atoms with Crippen LogP contribution >= 0.6 is 11.3 Å². The SMILES string of the molecule is CC[C@H]1C(c2cn3c(C)nc(S(C)(=O)=O)c3s2)=C(C(=O)OC(C)OC(=O)OC2CCCCC2)N2C(=O)[C@H]([C@@H](C)O)[C@@H]12. The van der Waals surface area contributed by atoms with Gasteiger partial charge in [-0.25, -0.2) is 23.0 Å². The summed E-state index contributed by atoms with van der Waals surface area (Å²) >= 11 is 1.15. The molecule has 2 fully saturated rings. The normalized spacial score (nSPS) is 24.7. The highest BCUT2D eigenvalue weighted by Gasteiger charge is 2.61. The van der Waals surface area contributed by atoms with Crippen molar-refractivity contribution in [2.24, 2.45) is 11.8 Å². The van der Waals surface area contributed by atoms with E-state index in [1.54, 1.807) is 24.4 Å². The van der Waals surface area contributed by atoms with E-state index in [1.807, 2.05) is 6.92 Å². The highest BCUT2D eigenvalue weighted by atomic mass is 32.2. The number of aromatic nitrogens is 2. The van der Waals surface area contributed by atoms with Crippen molar-refractivity contribution in [2.45, 2.75) is 95.8 Å². The van der Waals surface area contributed by atoms with Gasteiger partial charge in [0.05, 0.1) is 22.9 Å². The number of carbonyl (C=O) groups excluding carboxylic acids is 3. The Morgan fingerprint density at radius 3 is 2.49 bits per heavy atom.